The van der Waals surface area contributed by atoms with Crippen molar-refractivity contribution in [2.45, 2.75) is 72.6 Å². The first-order chi connectivity index (χ1) is 17.7. The third-order valence-electron chi connectivity index (χ3n) is 5.38. The molecule has 214 valence electrons. The molecule has 1 aliphatic heterocycles. The lowest BCUT2D eigenvalue weighted by Gasteiger charge is -2.13. The number of unbranched alkanes of at least 4 members (excludes halogenated alkanes) is 2. The molecule has 4 amide bonds. The Bertz CT molecular complexity index is 667. The molecular formula is C27H48IN3O6. The molecule has 1 rings (SSSR count). The smallest absolute Gasteiger partial charge is 0.253 e. The quantitative estimate of drug-likeness (QED) is 0.0913. The van der Waals surface area contributed by atoms with Gasteiger partial charge >= 0.3 is 0 Å². The summed E-state index contributed by atoms with van der Waals surface area (Å²) in [5.41, 5.74) is 0. The Balaban J connectivity index is 0.000000712. The van der Waals surface area contributed by atoms with Gasteiger partial charge in [-0.1, -0.05) is 69.5 Å². The van der Waals surface area contributed by atoms with Crippen LogP contribution in [0.25, 0.3) is 0 Å². The fourth-order valence-corrected chi connectivity index (χ4v) is 3.53. The summed E-state index contributed by atoms with van der Waals surface area (Å²) in [6.07, 6.45) is 9.46. The predicted octanol–water partition coefficient (Wildman–Crippen LogP) is 3.64. The molecule has 0 spiro atoms. The summed E-state index contributed by atoms with van der Waals surface area (Å²) in [6.45, 7) is 12.8. The summed E-state index contributed by atoms with van der Waals surface area (Å²) in [4.78, 5) is 46.1. The summed E-state index contributed by atoms with van der Waals surface area (Å²) >= 11 is 2.03. The molecule has 0 radical (unpaired) electrons. The van der Waals surface area contributed by atoms with Crippen LogP contribution in [0.2, 0.25) is 0 Å². The molecule has 10 heteroatoms. The second-order valence-electron chi connectivity index (χ2n) is 9.75. The first-order valence-electron chi connectivity index (χ1n) is 13.5. The number of amides is 4. The summed E-state index contributed by atoms with van der Waals surface area (Å²) < 4.78 is 11.2. The fraction of sp³-hybridized carbons (Fsp3) is 0.778. The van der Waals surface area contributed by atoms with Gasteiger partial charge in [-0.05, 0) is 31.1 Å². The van der Waals surface area contributed by atoms with Crippen molar-refractivity contribution in [2.75, 3.05) is 50.5 Å². The van der Waals surface area contributed by atoms with Crippen molar-refractivity contribution in [3.8, 4) is 0 Å². The van der Waals surface area contributed by atoms with Crippen LogP contribution in [0.1, 0.15) is 72.6 Å². The average molecular weight is 638 g/mol. The van der Waals surface area contributed by atoms with Crippen LogP contribution in [-0.2, 0) is 28.7 Å². The Kier molecular flexibility index (Phi) is 22.6. The molecule has 0 saturated carbocycles. The highest BCUT2D eigenvalue weighted by atomic mass is 127. The van der Waals surface area contributed by atoms with Gasteiger partial charge in [0.25, 0.3) is 11.8 Å². The molecule has 0 fully saturated rings. The molecule has 9 nitrogen and oxygen atoms in total. The lowest BCUT2D eigenvalue weighted by atomic mass is 10.1. The van der Waals surface area contributed by atoms with Crippen LogP contribution in [0.3, 0.4) is 0 Å². The number of ether oxygens (including phenoxy) is 2. The van der Waals surface area contributed by atoms with Gasteiger partial charge in [-0.3, -0.25) is 24.1 Å². The minimum absolute atomic E-state index is 0.0548. The first kappa shape index (κ1) is 35.5. The van der Waals surface area contributed by atoms with Gasteiger partial charge in [-0.2, -0.15) is 0 Å². The number of nitrogens with one attached hydrogen (secondary N) is 2. The zero-order chi connectivity index (χ0) is 27.9. The van der Waals surface area contributed by atoms with Gasteiger partial charge in [0.2, 0.25) is 11.8 Å². The van der Waals surface area contributed by atoms with Crippen molar-refractivity contribution in [3.05, 3.63) is 12.2 Å². The van der Waals surface area contributed by atoms with Gasteiger partial charge in [0.05, 0.1) is 24.2 Å². The highest BCUT2D eigenvalue weighted by Crippen LogP contribution is 2.08. The molecule has 1 heterocycles. The Morgan fingerprint density at radius 2 is 1.35 bits per heavy atom. The summed E-state index contributed by atoms with van der Waals surface area (Å²) in [5, 5.41) is 5.56. The number of alkyl halides is 1. The van der Waals surface area contributed by atoms with E-state index in [-0.39, 0.29) is 36.6 Å². The van der Waals surface area contributed by atoms with Crippen molar-refractivity contribution in [3.63, 3.8) is 0 Å². The molecule has 0 aromatic heterocycles. The van der Waals surface area contributed by atoms with Crippen LogP contribution in [-0.4, -0.2) is 79.0 Å². The Morgan fingerprint density at radius 3 is 1.95 bits per heavy atom. The zero-order valence-electron chi connectivity index (χ0n) is 23.2. The normalized spacial score (nSPS) is 12.8. The van der Waals surface area contributed by atoms with Crippen molar-refractivity contribution in [2.24, 2.45) is 11.8 Å². The molecule has 0 aliphatic carbocycles. The maximum atomic E-state index is 11.6. The number of imide groups is 1. The maximum Gasteiger partial charge on any atom is 0.253 e. The topological polar surface area (TPSA) is 114 Å². The second kappa shape index (κ2) is 23.6. The standard InChI is InChI=1S/C15H24N2O3.C12H24INO3/c1-12(2)6-4-3-5-10-16-13(18)9-11-17-14(19)7-8-15(17)20;1-11(2)4-3-6-16-8-9-17-7-5-14-12(15)10-13/h7-8,12H,3-6,9-11H2,1-2H3,(H,16,18);11H,3-10H2,1-2H3,(H,14,15). The van der Waals surface area contributed by atoms with Crippen LogP contribution in [0, 0.1) is 11.8 Å². The number of halogens is 1. The molecule has 0 aromatic carbocycles. The molecule has 0 aromatic rings. The van der Waals surface area contributed by atoms with E-state index in [0.717, 1.165) is 42.6 Å². The van der Waals surface area contributed by atoms with Crippen LogP contribution in [0.4, 0.5) is 0 Å². The Morgan fingerprint density at radius 1 is 0.784 bits per heavy atom. The van der Waals surface area contributed by atoms with Crippen LogP contribution < -0.4 is 10.6 Å². The highest BCUT2D eigenvalue weighted by molar-refractivity contribution is 14.1. The number of carbonyl (C=O) groups is 4. The second-order valence-corrected chi connectivity index (χ2v) is 10.5. The summed E-state index contributed by atoms with van der Waals surface area (Å²) in [5.74, 6) is 0.749. The summed E-state index contributed by atoms with van der Waals surface area (Å²) in [7, 11) is 0. The van der Waals surface area contributed by atoms with Crippen molar-refractivity contribution < 1.29 is 28.7 Å². The molecule has 0 unspecified atom stereocenters. The Hall–Kier alpha value is -1.53. The highest BCUT2D eigenvalue weighted by Gasteiger charge is 2.23. The van der Waals surface area contributed by atoms with E-state index >= 15 is 0 Å². The predicted molar refractivity (Wildman–Crippen MR) is 154 cm³/mol. The molecule has 0 bridgehead atoms. The number of carbonyl (C=O) groups excluding carboxylic acids is 4. The van der Waals surface area contributed by atoms with E-state index in [2.05, 4.69) is 38.3 Å². The van der Waals surface area contributed by atoms with Crippen LogP contribution >= 0.6 is 22.6 Å². The van der Waals surface area contributed by atoms with Gasteiger partial charge in [-0.25, -0.2) is 0 Å². The van der Waals surface area contributed by atoms with E-state index in [1.165, 1.54) is 31.4 Å². The first-order valence-corrected chi connectivity index (χ1v) is 15.0. The minimum Gasteiger partial charge on any atom is -0.379 e. The largest absolute Gasteiger partial charge is 0.379 e. The number of hydrogen-bond acceptors (Lipinski definition) is 6. The van der Waals surface area contributed by atoms with Gasteiger partial charge < -0.3 is 20.1 Å². The monoisotopic (exact) mass is 637 g/mol. The maximum absolute atomic E-state index is 11.6. The SMILES string of the molecule is CC(C)CCCCCNC(=O)CCN1C(=O)C=CC1=O.CC(C)CCCOCCOCCNC(=O)CI. The molecule has 0 saturated heterocycles. The molecule has 37 heavy (non-hydrogen) atoms. The number of hydrogen-bond donors (Lipinski definition) is 2. The van der Waals surface area contributed by atoms with Crippen LogP contribution in [0.5, 0.6) is 0 Å². The minimum atomic E-state index is -0.337. The van der Waals surface area contributed by atoms with E-state index in [0.29, 0.717) is 37.3 Å². The van der Waals surface area contributed by atoms with Gasteiger partial charge in [-0.15, -0.1) is 0 Å². The van der Waals surface area contributed by atoms with E-state index in [1.54, 1.807) is 0 Å². The van der Waals surface area contributed by atoms with Crippen molar-refractivity contribution in [1.82, 2.24) is 15.5 Å². The lowest BCUT2D eigenvalue weighted by molar-refractivity contribution is -0.137. The van der Waals surface area contributed by atoms with E-state index < -0.39 is 0 Å². The van der Waals surface area contributed by atoms with E-state index in [4.69, 9.17) is 9.47 Å². The zero-order valence-corrected chi connectivity index (χ0v) is 25.3. The lowest BCUT2D eigenvalue weighted by Crippen LogP contribution is -2.34. The molecule has 2 N–H and O–H groups in total. The van der Waals surface area contributed by atoms with E-state index in [9.17, 15) is 19.2 Å². The Labute approximate surface area is 237 Å². The van der Waals surface area contributed by atoms with E-state index in [1.807, 2.05) is 22.6 Å². The van der Waals surface area contributed by atoms with Crippen molar-refractivity contribution >= 4 is 46.2 Å². The third-order valence-corrected chi connectivity index (χ3v) is 6.07. The van der Waals surface area contributed by atoms with Gasteiger partial charge in [0.1, 0.15) is 0 Å². The third kappa shape index (κ3) is 22.2. The number of nitrogens with zero attached hydrogens (tertiary/aromatic N) is 1. The summed E-state index contributed by atoms with van der Waals surface area (Å²) in [6, 6.07) is 0. The fourth-order valence-electron chi connectivity index (χ4n) is 3.26. The number of rotatable bonds is 20. The van der Waals surface area contributed by atoms with Gasteiger partial charge in [0, 0.05) is 44.8 Å². The average Bonchev–Trinajstić information content (AvgIpc) is 3.17. The van der Waals surface area contributed by atoms with Gasteiger partial charge in [0.15, 0.2) is 0 Å². The molecule has 1 aliphatic rings. The molecule has 0 atom stereocenters. The van der Waals surface area contributed by atoms with Crippen LogP contribution in [0.15, 0.2) is 12.2 Å². The molecular weight excluding hydrogens is 589 g/mol. The van der Waals surface area contributed by atoms with Crippen molar-refractivity contribution in [1.29, 1.82) is 0 Å².